The predicted octanol–water partition coefficient (Wildman–Crippen LogP) is 2.54. The van der Waals surface area contributed by atoms with E-state index < -0.39 is 0 Å². The van der Waals surface area contributed by atoms with Crippen LogP contribution in [-0.4, -0.2) is 22.7 Å². The van der Waals surface area contributed by atoms with Crippen LogP contribution in [0.5, 0.6) is 0 Å². The van der Waals surface area contributed by atoms with Gasteiger partial charge in [-0.15, -0.1) is 0 Å². The number of hydrogen-bond acceptors (Lipinski definition) is 5. The van der Waals surface area contributed by atoms with Crippen LogP contribution in [0.4, 0.5) is 5.82 Å². The lowest BCUT2D eigenvalue weighted by atomic mass is 10.1. The minimum Gasteiger partial charge on any atom is -0.378 e. The molecule has 0 amide bonds. The fourth-order valence-electron chi connectivity index (χ4n) is 2.59. The van der Waals surface area contributed by atoms with E-state index in [0.717, 1.165) is 43.0 Å². The van der Waals surface area contributed by atoms with Crippen molar-refractivity contribution in [3.05, 3.63) is 42.2 Å². The van der Waals surface area contributed by atoms with Gasteiger partial charge in [-0.3, -0.25) is 0 Å². The molecule has 0 aliphatic carbocycles. The smallest absolute Gasteiger partial charge is 0.144 e. The minimum absolute atomic E-state index is 0.218. The molecule has 1 saturated heterocycles. The summed E-state index contributed by atoms with van der Waals surface area (Å²) in [5.41, 5.74) is 4.56. The second kappa shape index (κ2) is 6.65. The van der Waals surface area contributed by atoms with E-state index in [1.54, 1.807) is 0 Å². The summed E-state index contributed by atoms with van der Waals surface area (Å²) in [6.45, 7) is 0.838. The minimum atomic E-state index is 0.218. The van der Waals surface area contributed by atoms with Gasteiger partial charge in [0.1, 0.15) is 11.6 Å². The molecule has 1 atom stereocenters. The maximum Gasteiger partial charge on any atom is 0.144 e. The number of anilines is 1. The van der Waals surface area contributed by atoms with Gasteiger partial charge in [0, 0.05) is 24.7 Å². The lowest BCUT2D eigenvalue weighted by Crippen LogP contribution is -2.23. The lowest BCUT2D eigenvalue weighted by Gasteiger charge is -2.22. The van der Waals surface area contributed by atoms with Gasteiger partial charge in [-0.1, -0.05) is 30.3 Å². The van der Waals surface area contributed by atoms with E-state index in [9.17, 15) is 0 Å². The van der Waals surface area contributed by atoms with Crippen LogP contribution in [0.15, 0.2) is 36.4 Å². The van der Waals surface area contributed by atoms with Crippen LogP contribution < -0.4 is 11.3 Å². The Morgan fingerprint density at radius 2 is 2.05 bits per heavy atom. The standard InChI is InChI=1S/C16H20N4O/c17-20-16-11-14(12-6-2-1-3-7-12)18-15(19-16)10-13-8-4-5-9-21-13/h1-3,6-7,11,13H,4-5,8-10,17H2,(H,18,19,20). The summed E-state index contributed by atoms with van der Waals surface area (Å²) in [4.78, 5) is 9.10. The van der Waals surface area contributed by atoms with Crippen molar-refractivity contribution in [1.82, 2.24) is 9.97 Å². The molecule has 3 N–H and O–H groups in total. The number of nitrogen functional groups attached to an aromatic ring is 1. The molecule has 1 aromatic carbocycles. The number of hydrazine groups is 1. The molecule has 1 fully saturated rings. The Bertz CT molecular complexity index is 582. The average Bonchev–Trinajstić information content (AvgIpc) is 2.56. The van der Waals surface area contributed by atoms with E-state index in [-0.39, 0.29) is 6.10 Å². The van der Waals surface area contributed by atoms with Crippen molar-refractivity contribution in [2.24, 2.45) is 5.84 Å². The van der Waals surface area contributed by atoms with Crippen LogP contribution in [0.1, 0.15) is 25.1 Å². The first kappa shape index (κ1) is 14.0. The highest BCUT2D eigenvalue weighted by atomic mass is 16.5. The van der Waals surface area contributed by atoms with Crippen LogP contribution in [-0.2, 0) is 11.2 Å². The van der Waals surface area contributed by atoms with Gasteiger partial charge in [-0.05, 0) is 19.3 Å². The fourth-order valence-corrected chi connectivity index (χ4v) is 2.59. The molecule has 0 radical (unpaired) electrons. The van der Waals surface area contributed by atoms with Crippen molar-refractivity contribution in [2.75, 3.05) is 12.0 Å². The molecule has 5 heteroatoms. The summed E-state index contributed by atoms with van der Waals surface area (Å²) in [7, 11) is 0. The van der Waals surface area contributed by atoms with Gasteiger partial charge in [0.25, 0.3) is 0 Å². The number of ether oxygens (including phenoxy) is 1. The maximum absolute atomic E-state index is 5.77. The Hall–Kier alpha value is -1.98. The molecule has 1 aliphatic rings. The highest BCUT2D eigenvalue weighted by Crippen LogP contribution is 2.21. The van der Waals surface area contributed by atoms with Crippen LogP contribution >= 0.6 is 0 Å². The Labute approximate surface area is 124 Å². The molecule has 5 nitrogen and oxygen atoms in total. The van der Waals surface area contributed by atoms with Crippen molar-refractivity contribution in [1.29, 1.82) is 0 Å². The largest absolute Gasteiger partial charge is 0.378 e. The molecule has 1 unspecified atom stereocenters. The number of hydrogen-bond donors (Lipinski definition) is 2. The second-order valence-corrected chi connectivity index (χ2v) is 5.26. The summed E-state index contributed by atoms with van der Waals surface area (Å²) in [6, 6.07) is 11.9. The first-order valence-corrected chi connectivity index (χ1v) is 7.37. The molecule has 0 spiro atoms. The van der Waals surface area contributed by atoms with Crippen LogP contribution in [0.2, 0.25) is 0 Å². The van der Waals surface area contributed by atoms with Crippen molar-refractivity contribution >= 4 is 5.82 Å². The monoisotopic (exact) mass is 284 g/mol. The van der Waals surface area contributed by atoms with Gasteiger partial charge in [-0.25, -0.2) is 15.8 Å². The van der Waals surface area contributed by atoms with Crippen molar-refractivity contribution in [3.8, 4) is 11.3 Å². The molecule has 3 rings (SSSR count). The Morgan fingerprint density at radius 3 is 2.76 bits per heavy atom. The number of nitrogens with two attached hydrogens (primary N) is 1. The van der Waals surface area contributed by atoms with Crippen molar-refractivity contribution in [3.63, 3.8) is 0 Å². The Morgan fingerprint density at radius 1 is 1.19 bits per heavy atom. The molecular weight excluding hydrogens is 264 g/mol. The van der Waals surface area contributed by atoms with E-state index in [4.69, 9.17) is 10.6 Å². The van der Waals surface area contributed by atoms with Crippen molar-refractivity contribution in [2.45, 2.75) is 31.8 Å². The van der Waals surface area contributed by atoms with E-state index >= 15 is 0 Å². The van der Waals surface area contributed by atoms with E-state index in [1.165, 1.54) is 6.42 Å². The number of aromatic nitrogens is 2. The van der Waals surface area contributed by atoms with Gasteiger partial charge < -0.3 is 10.2 Å². The first-order chi connectivity index (χ1) is 10.3. The Kier molecular flexibility index (Phi) is 4.43. The molecule has 110 valence electrons. The van der Waals surface area contributed by atoms with Gasteiger partial charge in [0.2, 0.25) is 0 Å². The molecule has 2 aromatic rings. The summed E-state index contributed by atoms with van der Waals surface area (Å²) in [5, 5.41) is 0. The normalized spacial score (nSPS) is 18.4. The quantitative estimate of drug-likeness (QED) is 0.666. The Balaban J connectivity index is 1.86. The van der Waals surface area contributed by atoms with Crippen molar-refractivity contribution < 1.29 is 4.74 Å². The number of nitrogens with zero attached hydrogens (tertiary/aromatic N) is 2. The van der Waals surface area contributed by atoms with E-state index in [0.29, 0.717) is 5.82 Å². The zero-order valence-corrected chi connectivity index (χ0v) is 12.0. The van der Waals surface area contributed by atoms with Crippen LogP contribution in [0, 0.1) is 0 Å². The molecule has 2 heterocycles. The van der Waals surface area contributed by atoms with Crippen LogP contribution in [0.3, 0.4) is 0 Å². The van der Waals surface area contributed by atoms with Crippen LogP contribution in [0.25, 0.3) is 11.3 Å². The maximum atomic E-state index is 5.77. The van der Waals surface area contributed by atoms with Gasteiger partial charge in [-0.2, -0.15) is 0 Å². The number of rotatable bonds is 4. The number of nitrogens with one attached hydrogen (secondary N) is 1. The topological polar surface area (TPSA) is 73.1 Å². The summed E-state index contributed by atoms with van der Waals surface area (Å²) >= 11 is 0. The molecule has 0 saturated carbocycles. The third-order valence-corrected chi connectivity index (χ3v) is 3.67. The number of benzene rings is 1. The highest BCUT2D eigenvalue weighted by Gasteiger charge is 2.17. The average molecular weight is 284 g/mol. The SMILES string of the molecule is NNc1cc(-c2ccccc2)nc(CC2CCCCO2)n1. The third-order valence-electron chi connectivity index (χ3n) is 3.67. The summed E-state index contributed by atoms with van der Waals surface area (Å²) in [5.74, 6) is 6.94. The highest BCUT2D eigenvalue weighted by molar-refractivity contribution is 5.62. The zero-order chi connectivity index (χ0) is 14.5. The molecule has 1 aromatic heterocycles. The first-order valence-electron chi connectivity index (χ1n) is 7.37. The molecular formula is C16H20N4O. The zero-order valence-electron chi connectivity index (χ0n) is 12.0. The van der Waals surface area contributed by atoms with E-state index in [2.05, 4.69) is 15.4 Å². The fraction of sp³-hybridized carbons (Fsp3) is 0.375. The summed E-state index contributed by atoms with van der Waals surface area (Å²) in [6.07, 6.45) is 4.39. The lowest BCUT2D eigenvalue weighted by molar-refractivity contribution is 0.0157. The molecule has 21 heavy (non-hydrogen) atoms. The third kappa shape index (κ3) is 3.56. The summed E-state index contributed by atoms with van der Waals surface area (Å²) < 4.78 is 5.77. The second-order valence-electron chi connectivity index (χ2n) is 5.26. The van der Waals surface area contributed by atoms with Gasteiger partial charge in [0.15, 0.2) is 0 Å². The predicted molar refractivity (Wildman–Crippen MR) is 82.6 cm³/mol. The van der Waals surface area contributed by atoms with Gasteiger partial charge in [0.05, 0.1) is 11.8 Å². The van der Waals surface area contributed by atoms with E-state index in [1.807, 2.05) is 36.4 Å². The van der Waals surface area contributed by atoms with Gasteiger partial charge >= 0.3 is 0 Å². The molecule has 1 aliphatic heterocycles. The molecule has 0 bridgehead atoms.